The van der Waals surface area contributed by atoms with Crippen molar-refractivity contribution in [3.8, 4) is 0 Å². The maximum Gasteiger partial charge on any atom is 0.158 e. The fourth-order valence-corrected chi connectivity index (χ4v) is 2.74. The van der Waals surface area contributed by atoms with Gasteiger partial charge in [0, 0.05) is 0 Å². The van der Waals surface area contributed by atoms with E-state index in [0.717, 1.165) is 13.8 Å². The molecule has 0 saturated carbocycles. The largest absolute Gasteiger partial charge is 0.330 e. The second-order valence-corrected chi connectivity index (χ2v) is 5.18. The molecule has 0 atom stereocenters. The summed E-state index contributed by atoms with van der Waals surface area (Å²) in [6, 6.07) is 0. The van der Waals surface area contributed by atoms with E-state index in [1.807, 2.05) is 0 Å². The molecule has 114 valence electrons. The Hall–Kier alpha value is -1.40. The van der Waals surface area contributed by atoms with Gasteiger partial charge in [0.05, 0.1) is 0 Å². The predicted octanol–water partition coefficient (Wildman–Crippen LogP) is 0.155. The zero-order valence-electron chi connectivity index (χ0n) is 12.6. The van der Waals surface area contributed by atoms with Crippen LogP contribution in [0.3, 0.4) is 0 Å². The quantitative estimate of drug-likeness (QED) is 0.459. The molecule has 0 aliphatic carbocycles. The number of rotatable bonds is 9. The highest BCUT2D eigenvalue weighted by Crippen LogP contribution is 2.39. The van der Waals surface area contributed by atoms with Crippen molar-refractivity contribution in [2.45, 2.75) is 52.5 Å². The summed E-state index contributed by atoms with van der Waals surface area (Å²) in [5.41, 5.74) is 7.46. The van der Waals surface area contributed by atoms with Crippen LogP contribution < -0.4 is 11.5 Å². The third-order valence-corrected chi connectivity index (χ3v) is 3.99. The van der Waals surface area contributed by atoms with Gasteiger partial charge < -0.3 is 11.5 Å². The highest BCUT2D eigenvalue weighted by molar-refractivity contribution is 6.22. The van der Waals surface area contributed by atoms with Gasteiger partial charge in [-0.25, -0.2) is 0 Å². The molecule has 0 bridgehead atoms. The minimum Gasteiger partial charge on any atom is -0.330 e. The monoisotopic (exact) mass is 284 g/mol. The first kappa shape index (κ1) is 18.6. The number of hydrogen-bond donors (Lipinski definition) is 2. The molecule has 0 heterocycles. The molecule has 20 heavy (non-hydrogen) atoms. The van der Waals surface area contributed by atoms with E-state index in [4.69, 9.17) is 11.5 Å². The van der Waals surface area contributed by atoms with Crippen LogP contribution >= 0.6 is 0 Å². The van der Waals surface area contributed by atoms with Crippen molar-refractivity contribution >= 4 is 23.1 Å². The summed E-state index contributed by atoms with van der Waals surface area (Å²) in [7, 11) is 0. The minimum atomic E-state index is -2.11. The first-order valence-corrected chi connectivity index (χ1v) is 6.62. The van der Waals surface area contributed by atoms with Crippen molar-refractivity contribution in [3.63, 3.8) is 0 Å². The second-order valence-electron chi connectivity index (χ2n) is 5.18. The van der Waals surface area contributed by atoms with Crippen LogP contribution in [0.2, 0.25) is 0 Å². The van der Waals surface area contributed by atoms with E-state index in [0.29, 0.717) is 19.4 Å². The van der Waals surface area contributed by atoms with Gasteiger partial charge in [-0.1, -0.05) is 6.42 Å². The Morgan fingerprint density at radius 1 is 0.800 bits per heavy atom. The highest BCUT2D eigenvalue weighted by atomic mass is 16.2. The van der Waals surface area contributed by atoms with Gasteiger partial charge in [-0.05, 0) is 47.1 Å². The molecule has 0 spiro atoms. The van der Waals surface area contributed by atoms with E-state index in [2.05, 4.69) is 0 Å². The SMILES string of the molecule is CC(=O)C(N)(C(C)=O)C(CCCCN)(C(C)=O)C(C)=O. The number of nitrogens with two attached hydrogens (primary N) is 2. The molecule has 6 nitrogen and oxygen atoms in total. The lowest BCUT2D eigenvalue weighted by molar-refractivity contribution is -0.155. The van der Waals surface area contributed by atoms with Gasteiger partial charge in [0.25, 0.3) is 0 Å². The van der Waals surface area contributed by atoms with E-state index in [9.17, 15) is 19.2 Å². The van der Waals surface area contributed by atoms with E-state index in [1.54, 1.807) is 0 Å². The smallest absolute Gasteiger partial charge is 0.158 e. The lowest BCUT2D eigenvalue weighted by Crippen LogP contribution is -2.69. The molecule has 0 aliphatic rings. The third kappa shape index (κ3) is 2.86. The highest BCUT2D eigenvalue weighted by Gasteiger charge is 2.61. The summed E-state index contributed by atoms with van der Waals surface area (Å²) in [4.78, 5) is 48.1. The van der Waals surface area contributed by atoms with Gasteiger partial charge in [0.15, 0.2) is 17.1 Å². The summed E-state index contributed by atoms with van der Waals surface area (Å²) in [6.45, 7) is 5.04. The predicted molar refractivity (Wildman–Crippen MR) is 75.0 cm³/mol. The summed E-state index contributed by atoms with van der Waals surface area (Å²) in [5, 5.41) is 0. The van der Waals surface area contributed by atoms with E-state index in [-0.39, 0.29) is 6.42 Å². The van der Waals surface area contributed by atoms with Crippen LogP contribution in [0.25, 0.3) is 0 Å². The maximum absolute atomic E-state index is 12.1. The molecular formula is C14H24N2O4. The van der Waals surface area contributed by atoms with Gasteiger partial charge in [0.1, 0.15) is 17.0 Å². The van der Waals surface area contributed by atoms with Gasteiger partial charge >= 0.3 is 0 Å². The second kappa shape index (κ2) is 6.85. The first-order valence-electron chi connectivity index (χ1n) is 6.62. The Kier molecular flexibility index (Phi) is 6.37. The molecule has 0 saturated heterocycles. The Morgan fingerprint density at radius 3 is 1.45 bits per heavy atom. The molecule has 0 aromatic rings. The van der Waals surface area contributed by atoms with Crippen molar-refractivity contribution in [3.05, 3.63) is 0 Å². The first-order chi connectivity index (χ1) is 9.08. The number of carbonyl (C=O) groups is 4. The van der Waals surface area contributed by atoms with Crippen LogP contribution in [0, 0.1) is 5.41 Å². The number of ketones is 4. The molecule has 0 aromatic carbocycles. The fraction of sp³-hybridized carbons (Fsp3) is 0.714. The van der Waals surface area contributed by atoms with Crippen LogP contribution in [0.5, 0.6) is 0 Å². The summed E-state index contributed by atoms with van der Waals surface area (Å²) >= 11 is 0. The van der Waals surface area contributed by atoms with Crippen molar-refractivity contribution < 1.29 is 19.2 Å². The molecule has 0 aromatic heterocycles. The van der Waals surface area contributed by atoms with Gasteiger partial charge in [0.2, 0.25) is 0 Å². The fourth-order valence-electron chi connectivity index (χ4n) is 2.74. The number of Topliss-reactive ketones (excluding diaryl/α,β-unsaturated/α-hetero) is 4. The van der Waals surface area contributed by atoms with Crippen molar-refractivity contribution in [2.24, 2.45) is 16.9 Å². The van der Waals surface area contributed by atoms with Gasteiger partial charge in [-0.2, -0.15) is 0 Å². The average Bonchev–Trinajstić information content (AvgIpc) is 2.32. The Morgan fingerprint density at radius 2 is 1.20 bits per heavy atom. The van der Waals surface area contributed by atoms with Crippen molar-refractivity contribution in [1.82, 2.24) is 0 Å². The lowest BCUT2D eigenvalue weighted by atomic mass is 9.59. The third-order valence-electron chi connectivity index (χ3n) is 3.99. The molecule has 0 radical (unpaired) electrons. The molecular weight excluding hydrogens is 260 g/mol. The Balaban J connectivity index is 6.07. The molecule has 6 heteroatoms. The van der Waals surface area contributed by atoms with Crippen molar-refractivity contribution in [2.75, 3.05) is 6.54 Å². The number of carbonyl (C=O) groups excluding carboxylic acids is 4. The van der Waals surface area contributed by atoms with E-state index in [1.165, 1.54) is 13.8 Å². The zero-order valence-corrected chi connectivity index (χ0v) is 12.6. The van der Waals surface area contributed by atoms with Crippen LogP contribution in [-0.2, 0) is 19.2 Å². The molecule has 4 N–H and O–H groups in total. The van der Waals surface area contributed by atoms with Crippen LogP contribution in [0.1, 0.15) is 47.0 Å². The van der Waals surface area contributed by atoms with Crippen LogP contribution in [0.15, 0.2) is 0 Å². The average molecular weight is 284 g/mol. The number of unbranched alkanes of at least 4 members (excludes halogenated alkanes) is 1. The van der Waals surface area contributed by atoms with Gasteiger partial charge in [-0.15, -0.1) is 0 Å². The van der Waals surface area contributed by atoms with E-state index >= 15 is 0 Å². The molecule has 0 rings (SSSR count). The van der Waals surface area contributed by atoms with E-state index < -0.39 is 34.1 Å². The van der Waals surface area contributed by atoms with Crippen molar-refractivity contribution in [1.29, 1.82) is 0 Å². The zero-order chi connectivity index (χ0) is 16.1. The normalized spacial score (nSPS) is 12.1. The van der Waals surface area contributed by atoms with Crippen LogP contribution in [0.4, 0.5) is 0 Å². The van der Waals surface area contributed by atoms with Crippen LogP contribution in [-0.4, -0.2) is 35.2 Å². The topological polar surface area (TPSA) is 120 Å². The summed E-state index contributed by atoms with van der Waals surface area (Å²) in [6.07, 6.45) is 1.06. The molecule has 0 unspecified atom stereocenters. The minimum absolute atomic E-state index is 0.0462. The standard InChI is InChI=1S/C14H24N2O4/c1-9(17)13(10(2)18,7-5-6-8-15)14(16,11(3)19)12(4)20/h5-8,15-16H2,1-4H3. The Bertz CT molecular complexity index is 401. The lowest BCUT2D eigenvalue weighted by Gasteiger charge is -2.42. The summed E-state index contributed by atoms with van der Waals surface area (Å²) in [5.74, 6) is -2.48. The van der Waals surface area contributed by atoms with Gasteiger partial charge in [-0.3, -0.25) is 19.2 Å². The number of hydrogen-bond acceptors (Lipinski definition) is 6. The molecule has 0 aliphatic heterocycles. The summed E-state index contributed by atoms with van der Waals surface area (Å²) < 4.78 is 0. The molecule has 0 fully saturated rings. The maximum atomic E-state index is 12.1. The Labute approximate surface area is 119 Å². The molecule has 0 amide bonds.